The maximum atomic E-state index is 10.6. The minimum atomic E-state index is -0.462. The van der Waals surface area contributed by atoms with E-state index < -0.39 is 6.10 Å². The van der Waals surface area contributed by atoms with Gasteiger partial charge in [-0.15, -0.1) is 0 Å². The van der Waals surface area contributed by atoms with Gasteiger partial charge in [0.15, 0.2) is 0 Å². The lowest BCUT2D eigenvalue weighted by molar-refractivity contribution is 0.104. The van der Waals surface area contributed by atoms with Gasteiger partial charge in [-0.2, -0.15) is 0 Å². The van der Waals surface area contributed by atoms with E-state index in [4.69, 9.17) is 4.74 Å². The van der Waals surface area contributed by atoms with Crippen LogP contribution in [0.15, 0.2) is 24.3 Å². The van der Waals surface area contributed by atoms with Crippen LogP contribution in [0, 0.1) is 5.92 Å². The van der Waals surface area contributed by atoms with Gasteiger partial charge >= 0.3 is 0 Å². The van der Waals surface area contributed by atoms with Crippen LogP contribution >= 0.6 is 0 Å². The van der Waals surface area contributed by atoms with Crippen molar-refractivity contribution in [3.63, 3.8) is 0 Å². The Morgan fingerprint density at radius 2 is 1.90 bits per heavy atom. The second-order valence-corrected chi connectivity index (χ2v) is 6.07. The van der Waals surface area contributed by atoms with Crippen LogP contribution in [0.4, 0.5) is 0 Å². The van der Waals surface area contributed by atoms with E-state index in [2.05, 4.69) is 26.1 Å². The van der Waals surface area contributed by atoms with Crippen molar-refractivity contribution in [3.8, 4) is 5.75 Å². The van der Waals surface area contributed by atoms with E-state index in [1.54, 1.807) is 0 Å². The Hall–Kier alpha value is -1.06. The highest BCUT2D eigenvalue weighted by Crippen LogP contribution is 2.28. The number of benzene rings is 1. The average molecular weight is 277 g/mol. The monoisotopic (exact) mass is 277 g/mol. The zero-order chi connectivity index (χ0) is 14.5. The summed E-state index contributed by atoms with van der Waals surface area (Å²) in [5, 5.41) is 14.1. The smallest absolute Gasteiger partial charge is 0.119 e. The molecule has 1 aliphatic rings. The highest BCUT2D eigenvalue weighted by atomic mass is 16.5. The largest absolute Gasteiger partial charge is 0.494 e. The molecule has 20 heavy (non-hydrogen) atoms. The molecule has 0 radical (unpaired) electrons. The standard InChI is InChI=1S/C17H27NO2/c1-4-11-20-15-9-5-13(6-10-15)17(19)16(12(2)3)18-14-7-8-14/h5-6,9-10,12,14,16-19H,4,7-8,11H2,1-3H3. The van der Waals surface area contributed by atoms with E-state index in [9.17, 15) is 5.11 Å². The second-order valence-electron chi connectivity index (χ2n) is 6.07. The molecular formula is C17H27NO2. The van der Waals surface area contributed by atoms with Crippen LogP contribution in [0.25, 0.3) is 0 Å². The summed E-state index contributed by atoms with van der Waals surface area (Å²) in [7, 11) is 0. The number of aliphatic hydroxyl groups is 1. The summed E-state index contributed by atoms with van der Waals surface area (Å²) in [5.74, 6) is 1.28. The van der Waals surface area contributed by atoms with Gasteiger partial charge in [0.05, 0.1) is 12.7 Å². The fourth-order valence-electron chi connectivity index (χ4n) is 2.36. The molecule has 0 heterocycles. The van der Waals surface area contributed by atoms with Gasteiger partial charge < -0.3 is 15.2 Å². The third kappa shape index (κ3) is 4.22. The Balaban J connectivity index is 2.00. The molecule has 1 aromatic rings. The van der Waals surface area contributed by atoms with E-state index in [1.165, 1.54) is 12.8 Å². The number of hydrogen-bond donors (Lipinski definition) is 2. The van der Waals surface area contributed by atoms with Crippen molar-refractivity contribution in [2.75, 3.05) is 6.61 Å². The van der Waals surface area contributed by atoms with Crippen LogP contribution in [-0.2, 0) is 0 Å². The number of hydrogen-bond acceptors (Lipinski definition) is 3. The minimum Gasteiger partial charge on any atom is -0.494 e. The van der Waals surface area contributed by atoms with E-state index in [1.807, 2.05) is 24.3 Å². The van der Waals surface area contributed by atoms with Crippen molar-refractivity contribution in [2.24, 2.45) is 5.92 Å². The summed E-state index contributed by atoms with van der Waals surface area (Å²) in [6, 6.07) is 8.55. The van der Waals surface area contributed by atoms with Gasteiger partial charge in [-0.05, 0) is 42.9 Å². The molecule has 0 aromatic heterocycles. The summed E-state index contributed by atoms with van der Waals surface area (Å²) in [5.41, 5.74) is 0.959. The first-order valence-electron chi connectivity index (χ1n) is 7.78. The molecule has 1 saturated carbocycles. The van der Waals surface area contributed by atoms with Crippen LogP contribution in [-0.4, -0.2) is 23.8 Å². The van der Waals surface area contributed by atoms with Crippen molar-refractivity contribution in [1.29, 1.82) is 0 Å². The number of aliphatic hydroxyl groups excluding tert-OH is 1. The predicted molar refractivity (Wildman–Crippen MR) is 82.0 cm³/mol. The summed E-state index contributed by atoms with van der Waals surface area (Å²) >= 11 is 0. The summed E-state index contributed by atoms with van der Waals surface area (Å²) in [4.78, 5) is 0. The molecule has 112 valence electrons. The fourth-order valence-corrected chi connectivity index (χ4v) is 2.36. The highest BCUT2D eigenvalue weighted by Gasteiger charge is 2.30. The first-order chi connectivity index (χ1) is 9.61. The number of rotatable bonds is 8. The molecule has 1 aliphatic carbocycles. The van der Waals surface area contributed by atoms with Crippen molar-refractivity contribution in [2.45, 2.75) is 58.2 Å². The molecule has 2 N–H and O–H groups in total. The summed E-state index contributed by atoms with van der Waals surface area (Å²) < 4.78 is 5.58. The Morgan fingerprint density at radius 1 is 1.25 bits per heavy atom. The molecule has 2 unspecified atom stereocenters. The molecule has 2 atom stereocenters. The third-order valence-electron chi connectivity index (χ3n) is 3.76. The fraction of sp³-hybridized carbons (Fsp3) is 0.647. The molecule has 3 nitrogen and oxygen atoms in total. The van der Waals surface area contributed by atoms with Crippen molar-refractivity contribution >= 4 is 0 Å². The van der Waals surface area contributed by atoms with Crippen LogP contribution in [0.1, 0.15) is 51.7 Å². The summed E-state index contributed by atoms with van der Waals surface area (Å²) in [6.07, 6.45) is 3.01. The van der Waals surface area contributed by atoms with Crippen LogP contribution in [0.3, 0.4) is 0 Å². The van der Waals surface area contributed by atoms with Gasteiger partial charge in [-0.3, -0.25) is 0 Å². The third-order valence-corrected chi connectivity index (χ3v) is 3.76. The average Bonchev–Trinajstić information content (AvgIpc) is 3.26. The molecule has 0 aliphatic heterocycles. The Labute approximate surface area is 122 Å². The lowest BCUT2D eigenvalue weighted by Crippen LogP contribution is -2.40. The topological polar surface area (TPSA) is 41.5 Å². The highest BCUT2D eigenvalue weighted by molar-refractivity contribution is 5.29. The van der Waals surface area contributed by atoms with Gasteiger partial charge in [-0.25, -0.2) is 0 Å². The van der Waals surface area contributed by atoms with Crippen molar-refractivity contribution in [1.82, 2.24) is 5.32 Å². The minimum absolute atomic E-state index is 0.116. The quantitative estimate of drug-likeness (QED) is 0.766. The van der Waals surface area contributed by atoms with E-state index in [-0.39, 0.29) is 6.04 Å². The van der Waals surface area contributed by atoms with Gasteiger partial charge in [0.2, 0.25) is 0 Å². The molecule has 0 bridgehead atoms. The normalized spacial score (nSPS) is 18.1. The zero-order valence-corrected chi connectivity index (χ0v) is 12.8. The van der Waals surface area contributed by atoms with E-state index >= 15 is 0 Å². The maximum absolute atomic E-state index is 10.6. The lowest BCUT2D eigenvalue weighted by atomic mass is 9.93. The molecule has 3 heteroatoms. The molecule has 1 fully saturated rings. The second kappa shape index (κ2) is 7.09. The Kier molecular flexibility index (Phi) is 5.44. The molecule has 2 rings (SSSR count). The van der Waals surface area contributed by atoms with Gasteiger partial charge in [-0.1, -0.05) is 32.9 Å². The molecule has 0 spiro atoms. The molecule has 0 amide bonds. The molecular weight excluding hydrogens is 250 g/mol. The number of ether oxygens (including phenoxy) is 1. The molecule has 0 saturated heterocycles. The van der Waals surface area contributed by atoms with Crippen LogP contribution < -0.4 is 10.1 Å². The van der Waals surface area contributed by atoms with Crippen LogP contribution in [0.5, 0.6) is 5.75 Å². The SMILES string of the molecule is CCCOc1ccc(C(O)C(NC2CC2)C(C)C)cc1. The Morgan fingerprint density at radius 3 is 2.40 bits per heavy atom. The van der Waals surface area contributed by atoms with Gasteiger partial charge in [0, 0.05) is 12.1 Å². The van der Waals surface area contributed by atoms with E-state index in [0.717, 1.165) is 24.3 Å². The van der Waals surface area contributed by atoms with E-state index in [0.29, 0.717) is 12.0 Å². The Bertz CT molecular complexity index is 398. The first-order valence-corrected chi connectivity index (χ1v) is 7.78. The van der Waals surface area contributed by atoms with Crippen LogP contribution in [0.2, 0.25) is 0 Å². The van der Waals surface area contributed by atoms with Crippen molar-refractivity contribution in [3.05, 3.63) is 29.8 Å². The summed E-state index contributed by atoms with van der Waals surface area (Å²) in [6.45, 7) is 7.14. The van der Waals surface area contributed by atoms with Gasteiger partial charge in [0.1, 0.15) is 5.75 Å². The lowest BCUT2D eigenvalue weighted by Gasteiger charge is -2.28. The van der Waals surface area contributed by atoms with Crippen molar-refractivity contribution < 1.29 is 9.84 Å². The predicted octanol–water partition coefficient (Wildman–Crippen LogP) is 3.29. The number of nitrogens with one attached hydrogen (secondary N) is 1. The zero-order valence-electron chi connectivity index (χ0n) is 12.8. The van der Waals surface area contributed by atoms with Gasteiger partial charge in [0.25, 0.3) is 0 Å². The first kappa shape index (κ1) is 15.3. The molecule has 1 aromatic carbocycles. The maximum Gasteiger partial charge on any atom is 0.119 e.